The second kappa shape index (κ2) is 13.9. The number of carbonyl (C=O) groups excluding carboxylic acids is 1. The minimum atomic E-state index is 1.32. The van der Waals surface area contributed by atoms with E-state index in [-0.39, 0.29) is 0 Å². The van der Waals surface area contributed by atoms with Crippen molar-refractivity contribution in [3.63, 3.8) is 0 Å². The highest BCUT2D eigenvalue weighted by atomic mass is 16.1. The number of benzene rings is 2. The van der Waals surface area contributed by atoms with E-state index in [9.17, 15) is 0 Å². The van der Waals surface area contributed by atoms with Gasteiger partial charge in [-0.3, -0.25) is 0 Å². The Bertz CT molecular complexity index is 401. The second-order valence-corrected chi connectivity index (χ2v) is 3.81. The van der Waals surface area contributed by atoms with Gasteiger partial charge in [0.2, 0.25) is 0 Å². The lowest BCUT2D eigenvalue weighted by Crippen LogP contribution is -1.71. The molecule has 19 heavy (non-hydrogen) atoms. The first kappa shape index (κ1) is 19.2. The average molecular weight is 256 g/mol. The van der Waals surface area contributed by atoms with E-state index in [0.717, 1.165) is 0 Å². The molecule has 0 aliphatic heterocycles. The van der Waals surface area contributed by atoms with Crippen molar-refractivity contribution in [2.75, 3.05) is 0 Å². The Morgan fingerprint density at radius 3 is 1.21 bits per heavy atom. The van der Waals surface area contributed by atoms with E-state index in [1.54, 1.807) is 0 Å². The van der Waals surface area contributed by atoms with E-state index in [4.69, 9.17) is 4.79 Å². The van der Waals surface area contributed by atoms with Gasteiger partial charge in [-0.2, -0.15) is 0 Å². The zero-order valence-corrected chi connectivity index (χ0v) is 12.2. The van der Waals surface area contributed by atoms with Crippen LogP contribution in [0.2, 0.25) is 0 Å². The molecule has 2 rings (SSSR count). The summed E-state index contributed by atoms with van der Waals surface area (Å²) in [4.78, 5) is 8.00. The molecule has 0 bridgehead atoms. The third-order valence-electron chi connectivity index (χ3n) is 2.11. The Morgan fingerprint density at radius 2 is 1.00 bits per heavy atom. The first-order valence-electron chi connectivity index (χ1n) is 6.02. The second-order valence-electron chi connectivity index (χ2n) is 3.81. The predicted octanol–water partition coefficient (Wildman–Crippen LogP) is 4.92. The lowest BCUT2D eigenvalue weighted by atomic mass is 10.2. The van der Waals surface area contributed by atoms with Gasteiger partial charge in [-0.1, -0.05) is 71.3 Å². The van der Waals surface area contributed by atoms with Crippen LogP contribution in [0, 0.1) is 20.8 Å². The Kier molecular flexibility index (Phi) is 14.1. The average Bonchev–Trinajstić information content (AvgIpc) is 2.44. The zero-order valence-electron chi connectivity index (χ0n) is 12.2. The number of carbonyl (C=O) groups is 1. The highest BCUT2D eigenvalue weighted by Crippen LogP contribution is 2.00. The number of hydrogen-bond donors (Lipinski definition) is 0. The largest absolute Gasteiger partial charge is 0.307 e. The van der Waals surface area contributed by atoms with Crippen LogP contribution in [0.3, 0.4) is 0 Å². The molecule has 2 aromatic rings. The molecule has 1 heteroatoms. The maximum Gasteiger partial charge on any atom is 0.106 e. The zero-order chi connectivity index (χ0) is 15.1. The van der Waals surface area contributed by atoms with E-state index >= 15 is 0 Å². The lowest BCUT2D eigenvalue weighted by molar-refractivity contribution is -0.0979. The fourth-order valence-corrected chi connectivity index (χ4v) is 1.34. The van der Waals surface area contributed by atoms with Crippen LogP contribution in [-0.4, -0.2) is 6.79 Å². The molecule has 0 saturated heterocycles. The van der Waals surface area contributed by atoms with Crippen LogP contribution >= 0.6 is 0 Å². The summed E-state index contributed by atoms with van der Waals surface area (Å²) in [6.45, 7) is 14.3. The van der Waals surface area contributed by atoms with Gasteiger partial charge in [0.1, 0.15) is 6.79 Å². The molecule has 0 aromatic heterocycles. The third kappa shape index (κ3) is 12.1. The van der Waals surface area contributed by atoms with Crippen LogP contribution in [0.1, 0.15) is 16.7 Å². The van der Waals surface area contributed by atoms with Crippen molar-refractivity contribution >= 4 is 6.79 Å². The molecule has 0 atom stereocenters. The topological polar surface area (TPSA) is 17.1 Å². The molecule has 102 valence electrons. The van der Waals surface area contributed by atoms with E-state index < -0.39 is 0 Å². The highest BCUT2D eigenvalue weighted by Gasteiger charge is 1.80. The fraction of sp³-hybridized carbons (Fsp3) is 0.167. The molecule has 0 amide bonds. The predicted molar refractivity (Wildman–Crippen MR) is 85.5 cm³/mol. The van der Waals surface area contributed by atoms with Gasteiger partial charge in [0, 0.05) is 0 Å². The van der Waals surface area contributed by atoms with E-state index in [2.05, 4.69) is 70.3 Å². The van der Waals surface area contributed by atoms with Crippen LogP contribution in [0.15, 0.2) is 67.8 Å². The van der Waals surface area contributed by atoms with Crippen LogP contribution in [0.5, 0.6) is 0 Å². The number of aryl methyl sites for hydroxylation is 3. The fourth-order valence-electron chi connectivity index (χ4n) is 1.34. The standard InChI is InChI=1S/C8H10.C7H8.C2H4.CH2O/c1-7-4-3-5-8(2)6-7;1-7-5-3-2-4-6-7;2*1-2/h3-6H,1-2H3;2-6H,1H3;1-2H2;1H2. The minimum Gasteiger partial charge on any atom is -0.307 e. The van der Waals surface area contributed by atoms with Crippen molar-refractivity contribution in [3.8, 4) is 0 Å². The van der Waals surface area contributed by atoms with Crippen molar-refractivity contribution in [2.45, 2.75) is 20.8 Å². The molecule has 0 unspecified atom stereocenters. The number of hydrogen-bond acceptors (Lipinski definition) is 1. The van der Waals surface area contributed by atoms with E-state index in [1.165, 1.54) is 16.7 Å². The summed E-state index contributed by atoms with van der Waals surface area (Å²) in [5.74, 6) is 0. The lowest BCUT2D eigenvalue weighted by Gasteiger charge is -1.90. The Hall–Kier alpha value is -2.15. The highest BCUT2D eigenvalue weighted by molar-refractivity contribution is 5.20. The van der Waals surface area contributed by atoms with Crippen LogP contribution in [-0.2, 0) is 4.79 Å². The minimum absolute atomic E-state index is 1.32. The van der Waals surface area contributed by atoms with Crippen molar-refractivity contribution in [1.29, 1.82) is 0 Å². The van der Waals surface area contributed by atoms with Crippen molar-refractivity contribution < 1.29 is 4.79 Å². The summed E-state index contributed by atoms with van der Waals surface area (Å²) in [6, 6.07) is 18.7. The van der Waals surface area contributed by atoms with Crippen molar-refractivity contribution in [2.24, 2.45) is 0 Å². The van der Waals surface area contributed by atoms with Gasteiger partial charge in [-0.05, 0) is 20.8 Å². The van der Waals surface area contributed by atoms with Gasteiger partial charge < -0.3 is 4.79 Å². The molecule has 0 spiro atoms. The van der Waals surface area contributed by atoms with E-state index in [1.807, 2.05) is 25.0 Å². The summed E-state index contributed by atoms with van der Waals surface area (Å²) in [5, 5.41) is 0. The maximum absolute atomic E-state index is 8.00. The summed E-state index contributed by atoms with van der Waals surface area (Å²) in [5.41, 5.74) is 4.00. The van der Waals surface area contributed by atoms with Crippen LogP contribution in [0.25, 0.3) is 0 Å². The molecule has 0 aliphatic rings. The Labute approximate surface area is 117 Å². The molecule has 0 N–H and O–H groups in total. The normalized spacial score (nSPS) is 7.53. The summed E-state index contributed by atoms with van der Waals surface area (Å²) >= 11 is 0. The van der Waals surface area contributed by atoms with Crippen LogP contribution < -0.4 is 0 Å². The van der Waals surface area contributed by atoms with Gasteiger partial charge in [-0.15, -0.1) is 13.2 Å². The van der Waals surface area contributed by atoms with Gasteiger partial charge in [-0.25, -0.2) is 0 Å². The Balaban J connectivity index is 0. The van der Waals surface area contributed by atoms with E-state index in [0.29, 0.717) is 0 Å². The molecule has 0 aliphatic carbocycles. The maximum atomic E-state index is 8.00. The van der Waals surface area contributed by atoms with Gasteiger partial charge >= 0.3 is 0 Å². The third-order valence-corrected chi connectivity index (χ3v) is 2.11. The summed E-state index contributed by atoms with van der Waals surface area (Å²) < 4.78 is 0. The molecule has 0 fully saturated rings. The molecule has 1 nitrogen and oxygen atoms in total. The molecule has 2 aromatic carbocycles. The molecular weight excluding hydrogens is 232 g/mol. The first-order valence-corrected chi connectivity index (χ1v) is 6.02. The SMILES string of the molecule is C=C.C=O.Cc1cccc(C)c1.Cc1ccccc1. The molecule has 0 radical (unpaired) electrons. The Morgan fingerprint density at radius 1 is 0.632 bits per heavy atom. The van der Waals surface area contributed by atoms with Gasteiger partial charge in [0.05, 0.1) is 0 Å². The quantitative estimate of drug-likeness (QED) is 0.612. The summed E-state index contributed by atoms with van der Waals surface area (Å²) in [7, 11) is 0. The van der Waals surface area contributed by atoms with Crippen LogP contribution in [0.4, 0.5) is 0 Å². The van der Waals surface area contributed by atoms with Gasteiger partial charge in [0.25, 0.3) is 0 Å². The molecule has 0 saturated carbocycles. The summed E-state index contributed by atoms with van der Waals surface area (Å²) in [6.07, 6.45) is 0. The van der Waals surface area contributed by atoms with Gasteiger partial charge in [0.15, 0.2) is 0 Å². The monoisotopic (exact) mass is 256 g/mol. The smallest absolute Gasteiger partial charge is 0.106 e. The molecule has 0 heterocycles. The first-order chi connectivity index (χ1) is 9.18. The molecular formula is C18H24O. The van der Waals surface area contributed by atoms with Crippen molar-refractivity contribution in [3.05, 3.63) is 84.4 Å². The van der Waals surface area contributed by atoms with Crippen molar-refractivity contribution in [1.82, 2.24) is 0 Å². The number of rotatable bonds is 0.